The van der Waals surface area contributed by atoms with Gasteiger partial charge in [-0.3, -0.25) is 4.90 Å². The van der Waals surface area contributed by atoms with Crippen LogP contribution in [0.15, 0.2) is 5.38 Å². The van der Waals surface area contributed by atoms with E-state index in [0.717, 1.165) is 50.0 Å². The number of hydrogen-bond acceptors (Lipinski definition) is 5. The number of rotatable bonds is 4. The summed E-state index contributed by atoms with van der Waals surface area (Å²) in [7, 11) is 0. The zero-order valence-electron chi connectivity index (χ0n) is 10.2. The molecule has 1 aliphatic heterocycles. The van der Waals surface area contributed by atoms with Crippen LogP contribution in [0.4, 0.5) is 5.13 Å². The Morgan fingerprint density at radius 1 is 1.41 bits per heavy atom. The first-order chi connectivity index (χ1) is 8.29. The summed E-state index contributed by atoms with van der Waals surface area (Å²) in [5, 5.41) is 11.8. The fourth-order valence-electron chi connectivity index (χ4n) is 2.03. The minimum Gasteiger partial charge on any atom is -0.346 e. The zero-order valence-corrected chi connectivity index (χ0v) is 11.0. The highest BCUT2D eigenvalue weighted by Crippen LogP contribution is 2.21. The normalized spacial score (nSPS) is 17.1. The van der Waals surface area contributed by atoms with Gasteiger partial charge < -0.3 is 4.90 Å². The van der Waals surface area contributed by atoms with E-state index in [1.165, 1.54) is 0 Å². The van der Waals surface area contributed by atoms with Crippen molar-refractivity contribution in [3.8, 4) is 6.07 Å². The summed E-state index contributed by atoms with van der Waals surface area (Å²) in [4.78, 5) is 9.32. The minimum absolute atomic E-state index is 0.673. The van der Waals surface area contributed by atoms with Gasteiger partial charge in [-0.1, -0.05) is 0 Å². The maximum atomic E-state index is 8.51. The van der Waals surface area contributed by atoms with Crippen LogP contribution in [0.3, 0.4) is 0 Å². The van der Waals surface area contributed by atoms with Gasteiger partial charge in [0.25, 0.3) is 0 Å². The van der Waals surface area contributed by atoms with E-state index in [1.54, 1.807) is 11.3 Å². The van der Waals surface area contributed by atoms with Crippen LogP contribution in [-0.4, -0.2) is 42.6 Å². The fraction of sp³-hybridized carbons (Fsp3) is 0.667. The molecule has 1 saturated heterocycles. The number of unbranched alkanes of at least 4 members (excludes halogenated alkanes) is 1. The summed E-state index contributed by atoms with van der Waals surface area (Å²) in [5.74, 6) is 0. The van der Waals surface area contributed by atoms with Crippen LogP contribution in [-0.2, 0) is 0 Å². The van der Waals surface area contributed by atoms with Gasteiger partial charge in [-0.15, -0.1) is 11.3 Å². The molecule has 0 saturated carbocycles. The molecule has 0 aromatic carbocycles. The molecular formula is C12H18N4S. The third kappa shape index (κ3) is 3.42. The van der Waals surface area contributed by atoms with Crippen LogP contribution in [0.5, 0.6) is 0 Å². The van der Waals surface area contributed by atoms with E-state index in [2.05, 4.69) is 26.2 Å². The number of nitrogens with zero attached hydrogens (tertiary/aromatic N) is 4. The van der Waals surface area contributed by atoms with Gasteiger partial charge >= 0.3 is 0 Å². The van der Waals surface area contributed by atoms with Crippen LogP contribution >= 0.6 is 11.3 Å². The van der Waals surface area contributed by atoms with Gasteiger partial charge in [-0.2, -0.15) is 5.26 Å². The molecule has 0 N–H and O–H groups in total. The zero-order chi connectivity index (χ0) is 12.1. The van der Waals surface area contributed by atoms with Gasteiger partial charge in [0.05, 0.1) is 11.8 Å². The number of thiazole rings is 1. The Balaban J connectivity index is 1.76. The maximum Gasteiger partial charge on any atom is 0.185 e. The van der Waals surface area contributed by atoms with Gasteiger partial charge in [-0.25, -0.2) is 4.98 Å². The van der Waals surface area contributed by atoms with E-state index < -0.39 is 0 Å². The molecule has 1 fully saturated rings. The van der Waals surface area contributed by atoms with Crippen LogP contribution in [0.2, 0.25) is 0 Å². The lowest BCUT2D eigenvalue weighted by Gasteiger charge is -2.34. The van der Waals surface area contributed by atoms with Gasteiger partial charge in [0.2, 0.25) is 0 Å². The average molecular weight is 250 g/mol. The lowest BCUT2D eigenvalue weighted by atomic mass is 10.2. The van der Waals surface area contributed by atoms with Crippen molar-refractivity contribution in [3.63, 3.8) is 0 Å². The predicted molar refractivity (Wildman–Crippen MR) is 70.4 cm³/mol. The summed E-state index contributed by atoms with van der Waals surface area (Å²) >= 11 is 1.73. The molecule has 2 heterocycles. The highest BCUT2D eigenvalue weighted by atomic mass is 32.1. The van der Waals surface area contributed by atoms with Crippen molar-refractivity contribution < 1.29 is 0 Å². The van der Waals surface area contributed by atoms with E-state index in [9.17, 15) is 0 Å². The topological polar surface area (TPSA) is 43.2 Å². The Kier molecular flexibility index (Phi) is 4.35. The van der Waals surface area contributed by atoms with E-state index in [1.807, 2.05) is 6.92 Å². The first-order valence-electron chi connectivity index (χ1n) is 6.06. The quantitative estimate of drug-likeness (QED) is 0.765. The lowest BCUT2D eigenvalue weighted by Crippen LogP contribution is -2.46. The third-order valence-corrected chi connectivity index (χ3v) is 4.03. The van der Waals surface area contributed by atoms with Crippen LogP contribution in [0.1, 0.15) is 18.5 Å². The van der Waals surface area contributed by atoms with E-state index >= 15 is 0 Å². The van der Waals surface area contributed by atoms with Gasteiger partial charge in [0.15, 0.2) is 5.13 Å². The van der Waals surface area contributed by atoms with Crippen molar-refractivity contribution in [1.29, 1.82) is 5.26 Å². The Morgan fingerprint density at radius 2 is 2.18 bits per heavy atom. The summed E-state index contributed by atoms with van der Waals surface area (Å²) in [6, 6.07) is 2.20. The number of anilines is 1. The summed E-state index contributed by atoms with van der Waals surface area (Å²) < 4.78 is 0. The highest BCUT2D eigenvalue weighted by molar-refractivity contribution is 7.13. The van der Waals surface area contributed by atoms with Crippen molar-refractivity contribution >= 4 is 16.5 Å². The standard InChI is InChI=1S/C12H18N4S/c1-11-10-17-12(14-11)16-8-6-15(7-9-16)5-3-2-4-13/h10H,2-3,5-9H2,1H3. The third-order valence-electron chi connectivity index (χ3n) is 3.01. The molecule has 1 aromatic heterocycles. The number of aromatic nitrogens is 1. The van der Waals surface area contributed by atoms with E-state index in [4.69, 9.17) is 5.26 Å². The van der Waals surface area contributed by atoms with Crippen molar-refractivity contribution in [2.24, 2.45) is 0 Å². The first-order valence-corrected chi connectivity index (χ1v) is 6.94. The molecule has 4 nitrogen and oxygen atoms in total. The molecule has 5 heteroatoms. The largest absolute Gasteiger partial charge is 0.346 e. The predicted octanol–water partition coefficient (Wildman–Crippen LogP) is 1.88. The molecule has 2 rings (SSSR count). The number of aryl methyl sites for hydroxylation is 1. The molecule has 0 atom stereocenters. The van der Waals surface area contributed by atoms with Crippen LogP contribution in [0.25, 0.3) is 0 Å². The van der Waals surface area contributed by atoms with Crippen molar-refractivity contribution in [3.05, 3.63) is 11.1 Å². The minimum atomic E-state index is 0.673. The Morgan fingerprint density at radius 3 is 2.76 bits per heavy atom. The molecule has 1 aromatic rings. The molecule has 92 valence electrons. The molecule has 0 spiro atoms. The Hall–Kier alpha value is -1.12. The fourth-order valence-corrected chi connectivity index (χ4v) is 2.89. The van der Waals surface area contributed by atoms with Gasteiger partial charge in [0, 0.05) is 38.0 Å². The van der Waals surface area contributed by atoms with Gasteiger partial charge in [-0.05, 0) is 19.9 Å². The Bertz CT molecular complexity index is 387. The van der Waals surface area contributed by atoms with Crippen molar-refractivity contribution in [2.45, 2.75) is 19.8 Å². The van der Waals surface area contributed by atoms with Crippen molar-refractivity contribution in [2.75, 3.05) is 37.6 Å². The van der Waals surface area contributed by atoms with Crippen LogP contribution < -0.4 is 4.90 Å². The van der Waals surface area contributed by atoms with E-state index in [0.29, 0.717) is 6.42 Å². The highest BCUT2D eigenvalue weighted by Gasteiger charge is 2.18. The van der Waals surface area contributed by atoms with E-state index in [-0.39, 0.29) is 0 Å². The summed E-state index contributed by atoms with van der Waals surface area (Å²) in [6.45, 7) is 7.38. The monoisotopic (exact) mass is 250 g/mol. The molecule has 0 bridgehead atoms. The molecule has 0 amide bonds. The number of hydrogen-bond donors (Lipinski definition) is 0. The van der Waals surface area contributed by atoms with Crippen molar-refractivity contribution in [1.82, 2.24) is 9.88 Å². The molecule has 0 aliphatic carbocycles. The molecule has 0 unspecified atom stereocenters. The SMILES string of the molecule is Cc1csc(N2CCN(CCCC#N)CC2)n1. The molecule has 0 radical (unpaired) electrons. The van der Waals surface area contributed by atoms with Crippen LogP contribution in [0, 0.1) is 18.3 Å². The smallest absolute Gasteiger partial charge is 0.185 e. The molecule has 1 aliphatic rings. The molecule has 17 heavy (non-hydrogen) atoms. The molecular weight excluding hydrogens is 232 g/mol. The second-order valence-corrected chi connectivity index (χ2v) is 5.20. The summed E-state index contributed by atoms with van der Waals surface area (Å²) in [5.41, 5.74) is 1.11. The Labute approximate surface area is 106 Å². The second kappa shape index (κ2) is 5.99. The first kappa shape index (κ1) is 12.3. The number of piperazine rings is 1. The summed E-state index contributed by atoms with van der Waals surface area (Å²) in [6.07, 6.45) is 1.67. The lowest BCUT2D eigenvalue weighted by molar-refractivity contribution is 0.256. The number of nitriles is 1. The van der Waals surface area contributed by atoms with Gasteiger partial charge in [0.1, 0.15) is 0 Å². The second-order valence-electron chi connectivity index (χ2n) is 4.36. The maximum absolute atomic E-state index is 8.51. The average Bonchev–Trinajstić information content (AvgIpc) is 2.77.